The summed E-state index contributed by atoms with van der Waals surface area (Å²) in [6.07, 6.45) is 11.0. The lowest BCUT2D eigenvalue weighted by Gasteiger charge is -2.17. The molecule has 1 aliphatic carbocycles. The molecule has 0 radical (unpaired) electrons. The monoisotopic (exact) mass is 412 g/mol. The summed E-state index contributed by atoms with van der Waals surface area (Å²) in [6.45, 7) is 3.33. The van der Waals surface area contributed by atoms with Gasteiger partial charge in [0.15, 0.2) is 5.69 Å². The summed E-state index contributed by atoms with van der Waals surface area (Å²) in [7, 11) is 1.80. The smallest absolute Gasteiger partial charge is 0.274 e. The lowest BCUT2D eigenvalue weighted by Crippen LogP contribution is -2.29. The van der Waals surface area contributed by atoms with Crippen LogP contribution in [0.1, 0.15) is 39.6 Å². The van der Waals surface area contributed by atoms with Gasteiger partial charge in [-0.2, -0.15) is 5.10 Å². The molecular weight excluding hydrogens is 392 g/mol. The Morgan fingerprint density at radius 2 is 2.00 bits per heavy atom. The van der Waals surface area contributed by atoms with E-state index < -0.39 is 0 Å². The molecule has 31 heavy (non-hydrogen) atoms. The number of hydrogen-bond donors (Lipinski definition) is 0. The van der Waals surface area contributed by atoms with Gasteiger partial charge in [0.1, 0.15) is 11.4 Å². The number of hydrogen-bond acceptors (Lipinski definition) is 6. The molecule has 9 nitrogen and oxygen atoms in total. The number of carbonyl (C=O) groups is 1. The van der Waals surface area contributed by atoms with Crippen molar-refractivity contribution in [3.05, 3.63) is 65.3 Å². The van der Waals surface area contributed by atoms with E-state index in [1.807, 2.05) is 28.3 Å². The van der Waals surface area contributed by atoms with Gasteiger partial charge in [0, 0.05) is 56.3 Å². The lowest BCUT2D eigenvalue weighted by atomic mass is 10.1. The zero-order valence-corrected chi connectivity index (χ0v) is 17.3. The van der Waals surface area contributed by atoms with Crippen LogP contribution in [0.3, 0.4) is 0 Å². The van der Waals surface area contributed by atoms with Crippen LogP contribution >= 0.6 is 0 Å². The van der Waals surface area contributed by atoms with Crippen molar-refractivity contribution < 1.29 is 4.79 Å². The molecular formula is C22H20N8O. The average molecular weight is 412 g/mol. The first-order valence-electron chi connectivity index (χ1n) is 10.3. The SMILES string of the molecule is Cc1nn2cc1C1=CCc3ncc(nc31)-c1c(nc3ncccn13)C(=O)N(C)CCC2. The number of allylic oxidation sites excluding steroid dienone is 1. The third kappa shape index (κ3) is 2.69. The maximum Gasteiger partial charge on any atom is 0.274 e. The van der Waals surface area contributed by atoms with Crippen molar-refractivity contribution in [1.82, 2.24) is 39.0 Å². The van der Waals surface area contributed by atoms with E-state index >= 15 is 0 Å². The van der Waals surface area contributed by atoms with Gasteiger partial charge in [-0.1, -0.05) is 6.08 Å². The van der Waals surface area contributed by atoms with Gasteiger partial charge >= 0.3 is 0 Å². The Morgan fingerprint density at radius 3 is 2.90 bits per heavy atom. The van der Waals surface area contributed by atoms with Crippen molar-refractivity contribution in [2.24, 2.45) is 0 Å². The maximum atomic E-state index is 13.3. The summed E-state index contributed by atoms with van der Waals surface area (Å²) in [5, 5.41) is 4.68. The highest BCUT2D eigenvalue weighted by Gasteiger charge is 2.28. The Labute approximate surface area is 178 Å². The fourth-order valence-corrected chi connectivity index (χ4v) is 4.36. The normalized spacial score (nSPS) is 15.7. The number of rotatable bonds is 0. The highest BCUT2D eigenvalue weighted by Crippen LogP contribution is 2.34. The average Bonchev–Trinajstić information content (AvgIpc) is 3.46. The van der Waals surface area contributed by atoms with Gasteiger partial charge in [-0.3, -0.25) is 18.9 Å². The number of aromatic nitrogens is 7. The minimum atomic E-state index is -0.159. The van der Waals surface area contributed by atoms with Gasteiger partial charge in [0.2, 0.25) is 5.78 Å². The Morgan fingerprint density at radius 1 is 1.10 bits per heavy atom. The Bertz CT molecular complexity index is 1400. The molecule has 0 fully saturated rings. The van der Waals surface area contributed by atoms with E-state index in [1.165, 1.54) is 0 Å². The summed E-state index contributed by atoms with van der Waals surface area (Å²) in [4.78, 5) is 33.6. The molecule has 0 spiro atoms. The van der Waals surface area contributed by atoms with Gasteiger partial charge in [-0.05, 0) is 19.4 Å². The number of nitrogens with zero attached hydrogens (tertiary/aromatic N) is 8. The van der Waals surface area contributed by atoms with Crippen LogP contribution in [-0.2, 0) is 13.0 Å². The zero-order chi connectivity index (χ0) is 21.1. The highest BCUT2D eigenvalue weighted by atomic mass is 16.2. The summed E-state index contributed by atoms with van der Waals surface area (Å²) in [5.41, 5.74) is 6.40. The van der Waals surface area contributed by atoms with Crippen LogP contribution in [0, 0.1) is 6.92 Å². The van der Waals surface area contributed by atoms with Crippen molar-refractivity contribution in [1.29, 1.82) is 0 Å². The Hall–Kier alpha value is -3.88. The molecule has 2 aliphatic rings. The maximum absolute atomic E-state index is 13.3. The summed E-state index contributed by atoms with van der Waals surface area (Å²) < 4.78 is 3.76. The van der Waals surface area contributed by atoms with Crippen LogP contribution < -0.4 is 0 Å². The minimum Gasteiger partial charge on any atom is -0.340 e. The standard InChI is InChI=1S/C22H20N8O/c1-13-15-12-29(27-13)9-4-8-28(2)21(31)19-20(30-10-3-7-23-22(30)26-19)17-11-24-16-6-5-14(15)18(16)25-17/h3,5,7,10-12H,4,6,8-9H2,1-2H3. The number of fused-ring (bicyclic) bond motifs is 8. The largest absolute Gasteiger partial charge is 0.340 e. The van der Waals surface area contributed by atoms with Crippen molar-refractivity contribution in [2.45, 2.75) is 26.3 Å². The summed E-state index contributed by atoms with van der Waals surface area (Å²) in [6, 6.07) is 1.82. The number of amides is 1. The first-order chi connectivity index (χ1) is 15.1. The second kappa shape index (κ2) is 6.56. The molecule has 4 aromatic heterocycles. The number of aryl methyl sites for hydroxylation is 2. The molecule has 5 heterocycles. The van der Waals surface area contributed by atoms with E-state index in [1.54, 1.807) is 24.3 Å². The third-order valence-corrected chi connectivity index (χ3v) is 5.92. The molecule has 0 N–H and O–H groups in total. The fourth-order valence-electron chi connectivity index (χ4n) is 4.36. The number of imidazole rings is 1. The van der Waals surface area contributed by atoms with Crippen LogP contribution in [0.15, 0.2) is 36.9 Å². The van der Waals surface area contributed by atoms with Crippen LogP contribution in [0.2, 0.25) is 0 Å². The Kier molecular flexibility index (Phi) is 3.80. The van der Waals surface area contributed by atoms with Crippen LogP contribution in [0.4, 0.5) is 0 Å². The molecule has 0 saturated heterocycles. The predicted molar refractivity (Wildman–Crippen MR) is 113 cm³/mol. The molecule has 1 aliphatic heterocycles. The van der Waals surface area contributed by atoms with Gasteiger partial charge in [-0.15, -0.1) is 0 Å². The minimum absolute atomic E-state index is 0.159. The predicted octanol–water partition coefficient (Wildman–Crippen LogP) is 2.15. The fraction of sp³-hybridized carbons (Fsp3) is 0.273. The summed E-state index contributed by atoms with van der Waals surface area (Å²) >= 11 is 0. The van der Waals surface area contributed by atoms with E-state index in [4.69, 9.17) is 4.98 Å². The van der Waals surface area contributed by atoms with E-state index in [9.17, 15) is 4.79 Å². The zero-order valence-electron chi connectivity index (χ0n) is 17.3. The molecule has 0 unspecified atom stereocenters. The van der Waals surface area contributed by atoms with Gasteiger partial charge < -0.3 is 4.90 Å². The van der Waals surface area contributed by atoms with Gasteiger partial charge in [0.25, 0.3) is 5.91 Å². The third-order valence-electron chi connectivity index (χ3n) is 5.92. The first-order valence-corrected chi connectivity index (χ1v) is 10.3. The van der Waals surface area contributed by atoms with Crippen LogP contribution in [-0.4, -0.2) is 58.5 Å². The van der Waals surface area contributed by atoms with Crippen LogP contribution in [0.25, 0.3) is 22.7 Å². The molecule has 4 bridgehead atoms. The van der Waals surface area contributed by atoms with E-state index in [0.29, 0.717) is 29.4 Å². The second-order valence-electron chi connectivity index (χ2n) is 7.94. The molecule has 0 aromatic carbocycles. The van der Waals surface area contributed by atoms with Gasteiger partial charge in [-0.25, -0.2) is 15.0 Å². The van der Waals surface area contributed by atoms with Crippen molar-refractivity contribution in [3.63, 3.8) is 0 Å². The molecule has 1 amide bonds. The van der Waals surface area contributed by atoms with Gasteiger partial charge in [0.05, 0.1) is 23.3 Å². The number of carbonyl (C=O) groups excluding carboxylic acids is 1. The highest BCUT2D eigenvalue weighted by molar-refractivity contribution is 5.99. The van der Waals surface area contributed by atoms with Crippen molar-refractivity contribution in [3.8, 4) is 11.4 Å². The first kappa shape index (κ1) is 17.9. The molecule has 154 valence electrons. The van der Waals surface area contributed by atoms with Crippen LogP contribution in [0.5, 0.6) is 0 Å². The molecule has 4 aromatic rings. The quantitative estimate of drug-likeness (QED) is 0.439. The second-order valence-corrected chi connectivity index (χ2v) is 7.94. The van der Waals surface area contributed by atoms with Crippen molar-refractivity contribution >= 4 is 17.3 Å². The summed E-state index contributed by atoms with van der Waals surface area (Å²) in [5.74, 6) is 0.306. The van der Waals surface area contributed by atoms with E-state index in [0.717, 1.165) is 47.6 Å². The van der Waals surface area contributed by atoms with E-state index in [2.05, 4.69) is 32.3 Å². The molecule has 9 heteroatoms. The molecule has 0 saturated carbocycles. The van der Waals surface area contributed by atoms with Crippen molar-refractivity contribution in [2.75, 3.05) is 13.6 Å². The Balaban J connectivity index is 1.63. The van der Waals surface area contributed by atoms with E-state index in [-0.39, 0.29) is 5.91 Å². The topological polar surface area (TPSA) is 94.1 Å². The molecule has 6 rings (SSSR count). The molecule has 0 atom stereocenters. The lowest BCUT2D eigenvalue weighted by molar-refractivity contribution is 0.0787.